The van der Waals surface area contributed by atoms with Gasteiger partial charge in [0.15, 0.2) is 0 Å². The van der Waals surface area contributed by atoms with Crippen LogP contribution in [-0.2, 0) is 0 Å². The molecule has 0 aliphatic rings. The largest absolute Gasteiger partial charge is 0.321 e. The van der Waals surface area contributed by atoms with Crippen LogP contribution in [0.1, 0.15) is 17.2 Å². The normalized spacial score (nSPS) is 11.7. The topological polar surface area (TPSA) is 49.8 Å². The predicted molar refractivity (Wildman–Crippen MR) is 48.3 cm³/mol. The van der Waals surface area contributed by atoms with Crippen LogP contribution in [0.2, 0.25) is 0 Å². The van der Waals surface area contributed by atoms with Crippen molar-refractivity contribution in [3.8, 4) is 6.07 Å². The van der Waals surface area contributed by atoms with E-state index >= 15 is 0 Å². The molecule has 1 rings (SSSR count). The lowest BCUT2D eigenvalue weighted by Gasteiger charge is -2.07. The van der Waals surface area contributed by atoms with E-state index < -0.39 is 0 Å². The summed E-state index contributed by atoms with van der Waals surface area (Å²) in [6, 6.07) is 9.10. The van der Waals surface area contributed by atoms with Crippen LogP contribution in [0, 0.1) is 11.3 Å². The maximum absolute atomic E-state index is 8.72. The molecule has 0 amide bonds. The molecule has 0 fully saturated rings. The Hall–Kier alpha value is -1.59. The standard InChI is InChI=1S/C10H10N2/c1-2-10(12)9-6-4-3-5-8(9)7-11/h2-6,10H,1,12H2/t10-/m0/s1. The first-order valence-electron chi connectivity index (χ1n) is 3.66. The molecule has 0 aliphatic heterocycles. The summed E-state index contributed by atoms with van der Waals surface area (Å²) in [4.78, 5) is 0. The quantitative estimate of drug-likeness (QED) is 0.666. The minimum absolute atomic E-state index is 0.249. The second-order valence-corrected chi connectivity index (χ2v) is 2.46. The molecule has 2 heteroatoms. The Morgan fingerprint density at radius 1 is 1.50 bits per heavy atom. The molecule has 1 aromatic rings. The fourth-order valence-electron chi connectivity index (χ4n) is 1.02. The van der Waals surface area contributed by atoms with Gasteiger partial charge in [0, 0.05) is 6.04 Å². The highest BCUT2D eigenvalue weighted by Gasteiger charge is 2.05. The molecular weight excluding hydrogens is 148 g/mol. The fourth-order valence-corrected chi connectivity index (χ4v) is 1.02. The van der Waals surface area contributed by atoms with Gasteiger partial charge >= 0.3 is 0 Å². The molecule has 0 heterocycles. The van der Waals surface area contributed by atoms with Gasteiger partial charge in [0.2, 0.25) is 0 Å². The second-order valence-electron chi connectivity index (χ2n) is 2.46. The molecule has 0 saturated heterocycles. The number of benzene rings is 1. The van der Waals surface area contributed by atoms with Crippen LogP contribution in [0.5, 0.6) is 0 Å². The smallest absolute Gasteiger partial charge is 0.0995 e. The molecule has 1 atom stereocenters. The highest BCUT2D eigenvalue weighted by molar-refractivity contribution is 5.40. The minimum atomic E-state index is -0.249. The summed E-state index contributed by atoms with van der Waals surface area (Å²) in [5.74, 6) is 0. The monoisotopic (exact) mass is 158 g/mol. The van der Waals surface area contributed by atoms with Gasteiger partial charge in [-0.25, -0.2) is 0 Å². The Kier molecular flexibility index (Phi) is 2.62. The summed E-state index contributed by atoms with van der Waals surface area (Å²) < 4.78 is 0. The van der Waals surface area contributed by atoms with Crippen LogP contribution in [0.15, 0.2) is 36.9 Å². The first-order valence-corrected chi connectivity index (χ1v) is 3.66. The van der Waals surface area contributed by atoms with Gasteiger partial charge in [-0.15, -0.1) is 6.58 Å². The summed E-state index contributed by atoms with van der Waals surface area (Å²) in [6.45, 7) is 3.58. The Morgan fingerprint density at radius 3 is 2.75 bits per heavy atom. The molecule has 0 unspecified atom stereocenters. The lowest BCUT2D eigenvalue weighted by atomic mass is 10.0. The van der Waals surface area contributed by atoms with E-state index in [2.05, 4.69) is 12.6 Å². The van der Waals surface area contributed by atoms with E-state index in [1.54, 1.807) is 12.1 Å². The molecule has 0 spiro atoms. The van der Waals surface area contributed by atoms with Crippen molar-refractivity contribution in [2.24, 2.45) is 5.73 Å². The van der Waals surface area contributed by atoms with Crippen molar-refractivity contribution in [2.75, 3.05) is 0 Å². The first-order chi connectivity index (χ1) is 5.79. The predicted octanol–water partition coefficient (Wildman–Crippen LogP) is 1.74. The fraction of sp³-hybridized carbons (Fsp3) is 0.100. The van der Waals surface area contributed by atoms with Gasteiger partial charge in [-0.3, -0.25) is 0 Å². The highest BCUT2D eigenvalue weighted by atomic mass is 14.6. The number of hydrogen-bond donors (Lipinski definition) is 1. The van der Waals surface area contributed by atoms with Crippen LogP contribution in [-0.4, -0.2) is 0 Å². The molecule has 12 heavy (non-hydrogen) atoms. The van der Waals surface area contributed by atoms with Crippen LogP contribution < -0.4 is 5.73 Å². The molecule has 0 radical (unpaired) electrons. The van der Waals surface area contributed by atoms with Crippen LogP contribution in [0.25, 0.3) is 0 Å². The van der Waals surface area contributed by atoms with Crippen molar-refractivity contribution in [1.29, 1.82) is 5.26 Å². The van der Waals surface area contributed by atoms with E-state index in [4.69, 9.17) is 11.0 Å². The molecular formula is C10H10N2. The number of nitrogens with two attached hydrogens (primary N) is 1. The third-order valence-corrected chi connectivity index (χ3v) is 1.69. The average molecular weight is 158 g/mol. The lowest BCUT2D eigenvalue weighted by molar-refractivity contribution is 0.910. The zero-order valence-corrected chi connectivity index (χ0v) is 6.70. The summed E-state index contributed by atoms with van der Waals surface area (Å²) in [5.41, 5.74) is 7.15. The van der Waals surface area contributed by atoms with Crippen molar-refractivity contribution in [3.05, 3.63) is 48.0 Å². The van der Waals surface area contributed by atoms with Gasteiger partial charge in [-0.2, -0.15) is 5.26 Å². The molecule has 0 aromatic heterocycles. The van der Waals surface area contributed by atoms with Crippen LogP contribution in [0.4, 0.5) is 0 Å². The Balaban J connectivity index is 3.15. The highest BCUT2D eigenvalue weighted by Crippen LogP contribution is 2.15. The van der Waals surface area contributed by atoms with E-state index in [-0.39, 0.29) is 6.04 Å². The van der Waals surface area contributed by atoms with E-state index in [0.29, 0.717) is 5.56 Å². The molecule has 60 valence electrons. The van der Waals surface area contributed by atoms with E-state index in [1.807, 2.05) is 18.2 Å². The number of nitrogens with zero attached hydrogens (tertiary/aromatic N) is 1. The maximum Gasteiger partial charge on any atom is 0.0995 e. The van der Waals surface area contributed by atoms with Gasteiger partial charge in [-0.05, 0) is 11.6 Å². The molecule has 0 aliphatic carbocycles. The van der Waals surface area contributed by atoms with Crippen molar-refractivity contribution in [3.63, 3.8) is 0 Å². The average Bonchev–Trinajstić information content (AvgIpc) is 2.16. The molecule has 1 aromatic carbocycles. The summed E-state index contributed by atoms with van der Waals surface area (Å²) in [6.07, 6.45) is 1.62. The summed E-state index contributed by atoms with van der Waals surface area (Å²) in [5, 5.41) is 8.72. The third-order valence-electron chi connectivity index (χ3n) is 1.69. The molecule has 0 bridgehead atoms. The molecule has 0 saturated carbocycles. The van der Waals surface area contributed by atoms with E-state index in [1.165, 1.54) is 0 Å². The van der Waals surface area contributed by atoms with Gasteiger partial charge in [0.1, 0.15) is 0 Å². The summed E-state index contributed by atoms with van der Waals surface area (Å²) in [7, 11) is 0. The van der Waals surface area contributed by atoms with Gasteiger partial charge < -0.3 is 5.73 Å². The van der Waals surface area contributed by atoms with Crippen LogP contribution in [0.3, 0.4) is 0 Å². The van der Waals surface area contributed by atoms with Crippen molar-refractivity contribution in [1.82, 2.24) is 0 Å². The SMILES string of the molecule is C=C[C@H](N)c1ccccc1C#N. The minimum Gasteiger partial charge on any atom is -0.321 e. The van der Waals surface area contributed by atoms with Gasteiger partial charge in [-0.1, -0.05) is 24.3 Å². The number of hydrogen-bond acceptors (Lipinski definition) is 2. The second kappa shape index (κ2) is 3.70. The zero-order valence-electron chi connectivity index (χ0n) is 6.70. The summed E-state index contributed by atoms with van der Waals surface area (Å²) >= 11 is 0. The first kappa shape index (κ1) is 8.51. The lowest BCUT2D eigenvalue weighted by Crippen LogP contribution is -2.08. The van der Waals surface area contributed by atoms with Gasteiger partial charge in [0.05, 0.1) is 11.6 Å². The van der Waals surface area contributed by atoms with Crippen molar-refractivity contribution < 1.29 is 0 Å². The molecule has 2 nitrogen and oxygen atoms in total. The third kappa shape index (κ3) is 1.52. The van der Waals surface area contributed by atoms with Crippen molar-refractivity contribution >= 4 is 0 Å². The number of nitriles is 1. The van der Waals surface area contributed by atoms with Gasteiger partial charge in [0.25, 0.3) is 0 Å². The van der Waals surface area contributed by atoms with Crippen LogP contribution >= 0.6 is 0 Å². The Labute approximate surface area is 71.9 Å². The van der Waals surface area contributed by atoms with Crippen molar-refractivity contribution in [2.45, 2.75) is 6.04 Å². The molecule has 2 N–H and O–H groups in total. The Morgan fingerprint density at radius 2 is 2.17 bits per heavy atom. The van der Waals surface area contributed by atoms with E-state index in [0.717, 1.165) is 5.56 Å². The zero-order chi connectivity index (χ0) is 8.97. The maximum atomic E-state index is 8.72. The van der Waals surface area contributed by atoms with E-state index in [9.17, 15) is 0 Å². The number of rotatable bonds is 2. The Bertz CT molecular complexity index is 323.